The number of hydrogen-bond acceptors (Lipinski definition) is 3. The third kappa shape index (κ3) is 4.38. The Morgan fingerprint density at radius 1 is 1.16 bits per heavy atom. The Kier molecular flexibility index (Phi) is 5.33. The van der Waals surface area contributed by atoms with Gasteiger partial charge in [-0.15, -0.1) is 0 Å². The Hall–Kier alpha value is -2.82. The lowest BCUT2D eigenvalue weighted by Gasteiger charge is -2.17. The van der Waals surface area contributed by atoms with Crippen LogP contribution in [0.15, 0.2) is 54.6 Å². The maximum atomic E-state index is 12.3. The maximum Gasteiger partial charge on any atom is 0.229 e. The average Bonchev–Trinajstić information content (AvgIpc) is 2.97. The molecule has 130 valence electrons. The van der Waals surface area contributed by atoms with Gasteiger partial charge in [0.05, 0.1) is 19.1 Å². The van der Waals surface area contributed by atoms with Gasteiger partial charge in [0.25, 0.3) is 0 Å². The Morgan fingerprint density at radius 2 is 1.88 bits per heavy atom. The molecule has 1 heterocycles. The van der Waals surface area contributed by atoms with Gasteiger partial charge in [-0.2, -0.15) is 0 Å². The fourth-order valence-corrected chi connectivity index (χ4v) is 3.00. The molecule has 25 heavy (non-hydrogen) atoms. The lowest BCUT2D eigenvalue weighted by atomic mass is 10.1. The summed E-state index contributed by atoms with van der Waals surface area (Å²) in [4.78, 5) is 26.2. The molecule has 2 amide bonds. The third-order valence-electron chi connectivity index (χ3n) is 4.16. The van der Waals surface area contributed by atoms with Crippen molar-refractivity contribution in [2.24, 2.45) is 0 Å². The van der Waals surface area contributed by atoms with Crippen LogP contribution in [0.5, 0.6) is 5.75 Å². The molecule has 2 aromatic rings. The van der Waals surface area contributed by atoms with Gasteiger partial charge in [-0.05, 0) is 36.8 Å². The molecule has 1 atom stereocenters. The van der Waals surface area contributed by atoms with E-state index < -0.39 is 0 Å². The molecule has 1 aliphatic rings. The quantitative estimate of drug-likeness (QED) is 0.881. The first-order chi connectivity index (χ1) is 12.2. The lowest BCUT2D eigenvalue weighted by Crippen LogP contribution is -2.38. The fourth-order valence-electron chi connectivity index (χ4n) is 3.00. The number of nitrogens with one attached hydrogen (secondary N) is 1. The molecule has 0 radical (unpaired) electrons. The second-order valence-corrected chi connectivity index (χ2v) is 6.06. The van der Waals surface area contributed by atoms with Crippen LogP contribution >= 0.6 is 0 Å². The molecule has 1 fully saturated rings. The SMILES string of the molecule is CCOc1ccc(N2C[C@H](NC(=O)Cc3ccccc3)CC2=O)cc1. The van der Waals surface area contributed by atoms with Crippen molar-refractivity contribution < 1.29 is 14.3 Å². The molecule has 5 nitrogen and oxygen atoms in total. The zero-order valence-corrected chi connectivity index (χ0v) is 14.3. The number of anilines is 1. The molecule has 1 N–H and O–H groups in total. The summed E-state index contributed by atoms with van der Waals surface area (Å²) in [7, 11) is 0. The van der Waals surface area contributed by atoms with Crippen LogP contribution in [-0.4, -0.2) is 31.0 Å². The van der Waals surface area contributed by atoms with Gasteiger partial charge >= 0.3 is 0 Å². The monoisotopic (exact) mass is 338 g/mol. The highest BCUT2D eigenvalue weighted by Gasteiger charge is 2.31. The maximum absolute atomic E-state index is 12.3. The van der Waals surface area contributed by atoms with Crippen molar-refractivity contribution in [3.05, 3.63) is 60.2 Å². The number of carbonyl (C=O) groups excluding carboxylic acids is 2. The molecule has 0 aromatic heterocycles. The lowest BCUT2D eigenvalue weighted by molar-refractivity contribution is -0.121. The summed E-state index contributed by atoms with van der Waals surface area (Å²) < 4.78 is 5.42. The number of nitrogens with zero attached hydrogens (tertiary/aromatic N) is 1. The summed E-state index contributed by atoms with van der Waals surface area (Å²) in [5, 5.41) is 2.96. The van der Waals surface area contributed by atoms with Crippen LogP contribution in [0, 0.1) is 0 Å². The van der Waals surface area contributed by atoms with Crippen LogP contribution in [0.4, 0.5) is 5.69 Å². The summed E-state index contributed by atoms with van der Waals surface area (Å²) in [5.41, 5.74) is 1.79. The minimum absolute atomic E-state index is 0.0224. The van der Waals surface area contributed by atoms with Gasteiger partial charge in [-0.1, -0.05) is 30.3 Å². The molecular formula is C20H22N2O3. The highest BCUT2D eigenvalue weighted by molar-refractivity contribution is 5.97. The van der Waals surface area contributed by atoms with E-state index in [0.29, 0.717) is 26.0 Å². The minimum atomic E-state index is -0.157. The Morgan fingerprint density at radius 3 is 2.56 bits per heavy atom. The van der Waals surface area contributed by atoms with Gasteiger partial charge in [-0.25, -0.2) is 0 Å². The van der Waals surface area contributed by atoms with Gasteiger partial charge in [0.15, 0.2) is 0 Å². The smallest absolute Gasteiger partial charge is 0.229 e. The van der Waals surface area contributed by atoms with Crippen LogP contribution in [0.2, 0.25) is 0 Å². The number of rotatable bonds is 6. The van der Waals surface area contributed by atoms with E-state index in [1.165, 1.54) is 0 Å². The van der Waals surface area contributed by atoms with E-state index in [9.17, 15) is 9.59 Å². The average molecular weight is 338 g/mol. The van der Waals surface area contributed by atoms with Crippen molar-refractivity contribution >= 4 is 17.5 Å². The van der Waals surface area contributed by atoms with Gasteiger partial charge in [0, 0.05) is 18.7 Å². The van der Waals surface area contributed by atoms with E-state index in [-0.39, 0.29) is 17.9 Å². The predicted octanol–water partition coefficient (Wildman–Crippen LogP) is 2.55. The molecule has 0 bridgehead atoms. The first-order valence-electron chi connectivity index (χ1n) is 8.52. The van der Waals surface area contributed by atoms with E-state index in [1.54, 1.807) is 4.90 Å². The largest absolute Gasteiger partial charge is 0.494 e. The Balaban J connectivity index is 1.57. The molecule has 1 aliphatic heterocycles. The van der Waals surface area contributed by atoms with Crippen molar-refractivity contribution in [1.29, 1.82) is 0 Å². The van der Waals surface area contributed by atoms with E-state index >= 15 is 0 Å². The summed E-state index contributed by atoms with van der Waals surface area (Å²) in [6, 6.07) is 16.9. The molecule has 0 saturated carbocycles. The zero-order valence-electron chi connectivity index (χ0n) is 14.3. The zero-order chi connectivity index (χ0) is 17.6. The molecule has 0 spiro atoms. The molecule has 0 aliphatic carbocycles. The topological polar surface area (TPSA) is 58.6 Å². The van der Waals surface area contributed by atoms with Crippen LogP contribution < -0.4 is 15.0 Å². The molecule has 1 saturated heterocycles. The molecule has 5 heteroatoms. The van der Waals surface area contributed by atoms with Crippen LogP contribution in [-0.2, 0) is 16.0 Å². The van der Waals surface area contributed by atoms with Gasteiger partial charge in [0.1, 0.15) is 5.75 Å². The highest BCUT2D eigenvalue weighted by Crippen LogP contribution is 2.24. The predicted molar refractivity (Wildman–Crippen MR) is 96.7 cm³/mol. The number of benzene rings is 2. The van der Waals surface area contributed by atoms with Crippen molar-refractivity contribution in [3.63, 3.8) is 0 Å². The van der Waals surface area contributed by atoms with E-state index in [0.717, 1.165) is 17.0 Å². The van der Waals surface area contributed by atoms with Crippen molar-refractivity contribution in [2.75, 3.05) is 18.1 Å². The number of carbonyl (C=O) groups is 2. The Labute approximate surface area is 147 Å². The van der Waals surface area contributed by atoms with Crippen molar-refractivity contribution in [2.45, 2.75) is 25.8 Å². The van der Waals surface area contributed by atoms with Gasteiger partial charge in [-0.3, -0.25) is 9.59 Å². The fraction of sp³-hybridized carbons (Fsp3) is 0.300. The Bertz CT molecular complexity index is 728. The van der Waals surface area contributed by atoms with Crippen LogP contribution in [0.3, 0.4) is 0 Å². The van der Waals surface area contributed by atoms with E-state index in [1.807, 2.05) is 61.5 Å². The van der Waals surface area contributed by atoms with Gasteiger partial charge in [0.2, 0.25) is 11.8 Å². The number of amides is 2. The summed E-state index contributed by atoms with van der Waals surface area (Å²) in [6.45, 7) is 3.03. The standard InChI is InChI=1S/C20H22N2O3/c1-2-25-18-10-8-17(9-11-18)22-14-16(13-20(22)24)21-19(23)12-15-6-4-3-5-7-15/h3-11,16H,2,12-14H2,1H3,(H,21,23)/t16-/m1/s1. The third-order valence-corrected chi connectivity index (χ3v) is 4.16. The van der Waals surface area contributed by atoms with Crippen molar-refractivity contribution in [3.8, 4) is 5.75 Å². The summed E-state index contributed by atoms with van der Waals surface area (Å²) in [6.07, 6.45) is 0.655. The van der Waals surface area contributed by atoms with Crippen LogP contribution in [0.25, 0.3) is 0 Å². The van der Waals surface area contributed by atoms with Crippen molar-refractivity contribution in [1.82, 2.24) is 5.32 Å². The highest BCUT2D eigenvalue weighted by atomic mass is 16.5. The normalized spacial score (nSPS) is 16.8. The molecule has 3 rings (SSSR count). The van der Waals surface area contributed by atoms with E-state index in [2.05, 4.69) is 5.32 Å². The number of ether oxygens (including phenoxy) is 1. The molecular weight excluding hydrogens is 316 g/mol. The number of hydrogen-bond donors (Lipinski definition) is 1. The second-order valence-electron chi connectivity index (χ2n) is 6.06. The summed E-state index contributed by atoms with van der Waals surface area (Å²) in [5.74, 6) is 0.748. The summed E-state index contributed by atoms with van der Waals surface area (Å²) >= 11 is 0. The van der Waals surface area contributed by atoms with E-state index in [4.69, 9.17) is 4.74 Å². The first kappa shape index (κ1) is 17.0. The first-order valence-corrected chi connectivity index (χ1v) is 8.52. The minimum Gasteiger partial charge on any atom is -0.494 e. The molecule has 0 unspecified atom stereocenters. The second kappa shape index (κ2) is 7.83. The molecule has 2 aromatic carbocycles. The van der Waals surface area contributed by atoms with Gasteiger partial charge < -0.3 is 15.0 Å². The van der Waals surface area contributed by atoms with Crippen LogP contribution in [0.1, 0.15) is 18.9 Å².